The van der Waals surface area contributed by atoms with Crippen molar-refractivity contribution < 1.29 is 0 Å². The number of aryl methyl sites for hydroxylation is 2. The summed E-state index contributed by atoms with van der Waals surface area (Å²) in [6, 6.07) is 12.1. The minimum Gasteiger partial charge on any atom is -0.374 e. The van der Waals surface area contributed by atoms with Gasteiger partial charge in [0.1, 0.15) is 6.33 Å². The minimum atomic E-state index is 0.502. The van der Waals surface area contributed by atoms with Gasteiger partial charge >= 0.3 is 0 Å². The van der Waals surface area contributed by atoms with Gasteiger partial charge in [0.15, 0.2) is 0 Å². The van der Waals surface area contributed by atoms with E-state index in [0.29, 0.717) is 18.9 Å². The lowest BCUT2D eigenvalue weighted by molar-refractivity contribution is 0.717. The molecule has 0 N–H and O–H groups in total. The molecule has 0 aliphatic rings. The van der Waals surface area contributed by atoms with Crippen LogP contribution in [-0.4, -0.2) is 44.5 Å². The smallest absolute Gasteiger partial charge is 0.273 e. The molecule has 0 unspecified atom stereocenters. The van der Waals surface area contributed by atoms with Crippen LogP contribution in [0.15, 0.2) is 41.8 Å². The van der Waals surface area contributed by atoms with Crippen LogP contribution < -0.4 is 4.90 Å². The van der Waals surface area contributed by atoms with E-state index >= 15 is 0 Å². The summed E-state index contributed by atoms with van der Waals surface area (Å²) in [5.74, 6) is 0.541. The van der Waals surface area contributed by atoms with Gasteiger partial charge in [-0.3, -0.25) is 0 Å². The molecule has 3 rings (SSSR count). The standard InChI is InChI=1S/C18H20N8/c1-14-11-15(2)26(23-14)18-22-20-13-25(18)21-12-16-5-7-17(8-6-16)24(3)10-4-9-19/h5-8,11-13H,4,10H2,1-3H3/b21-12-. The molecule has 1 aromatic carbocycles. The molecule has 0 saturated heterocycles. The van der Waals surface area contributed by atoms with Crippen molar-refractivity contribution in [1.29, 1.82) is 5.26 Å². The van der Waals surface area contributed by atoms with Gasteiger partial charge in [0.2, 0.25) is 0 Å². The first kappa shape index (κ1) is 17.4. The molecule has 0 radical (unpaired) electrons. The van der Waals surface area contributed by atoms with Gasteiger partial charge in [0.25, 0.3) is 5.95 Å². The molecule has 0 bridgehead atoms. The molecule has 0 amide bonds. The van der Waals surface area contributed by atoms with Crippen LogP contribution in [0, 0.1) is 25.2 Å². The first-order chi connectivity index (χ1) is 12.6. The van der Waals surface area contributed by atoms with Crippen LogP contribution in [0.2, 0.25) is 0 Å². The second-order valence-electron chi connectivity index (χ2n) is 5.98. The van der Waals surface area contributed by atoms with Crippen molar-refractivity contribution in [3.63, 3.8) is 0 Å². The van der Waals surface area contributed by atoms with Crippen molar-refractivity contribution in [2.45, 2.75) is 20.3 Å². The molecule has 26 heavy (non-hydrogen) atoms. The maximum Gasteiger partial charge on any atom is 0.273 e. The SMILES string of the molecule is Cc1cc(C)n(-c2nncn2/N=C\c2ccc(N(C)CCC#N)cc2)n1. The number of nitrogens with zero attached hydrogens (tertiary/aromatic N) is 8. The number of benzene rings is 1. The van der Waals surface area contributed by atoms with Crippen molar-refractivity contribution in [3.8, 4) is 12.0 Å². The highest BCUT2D eigenvalue weighted by molar-refractivity contribution is 5.80. The van der Waals surface area contributed by atoms with Crippen LogP contribution in [0.4, 0.5) is 5.69 Å². The van der Waals surface area contributed by atoms with E-state index in [1.807, 2.05) is 56.1 Å². The first-order valence-corrected chi connectivity index (χ1v) is 8.24. The number of nitriles is 1. The summed E-state index contributed by atoms with van der Waals surface area (Å²) in [7, 11) is 1.97. The van der Waals surface area contributed by atoms with E-state index in [0.717, 1.165) is 22.6 Å². The third-order valence-corrected chi connectivity index (χ3v) is 3.94. The summed E-state index contributed by atoms with van der Waals surface area (Å²) in [4.78, 5) is 2.05. The zero-order chi connectivity index (χ0) is 18.5. The normalized spacial score (nSPS) is 11.0. The summed E-state index contributed by atoms with van der Waals surface area (Å²) in [6.07, 6.45) is 3.80. The number of hydrogen-bond acceptors (Lipinski definition) is 6. The van der Waals surface area contributed by atoms with E-state index in [2.05, 4.69) is 26.5 Å². The highest BCUT2D eigenvalue weighted by Crippen LogP contribution is 2.14. The first-order valence-electron chi connectivity index (χ1n) is 8.24. The molecule has 0 aliphatic carbocycles. The monoisotopic (exact) mass is 348 g/mol. The Balaban J connectivity index is 1.76. The fourth-order valence-corrected chi connectivity index (χ4v) is 2.57. The maximum atomic E-state index is 8.68. The van der Waals surface area contributed by atoms with Gasteiger partial charge in [-0.1, -0.05) is 12.1 Å². The fourth-order valence-electron chi connectivity index (χ4n) is 2.57. The van der Waals surface area contributed by atoms with Gasteiger partial charge in [0.05, 0.1) is 24.4 Å². The quantitative estimate of drug-likeness (QED) is 0.638. The predicted molar refractivity (Wildman–Crippen MR) is 99.6 cm³/mol. The van der Waals surface area contributed by atoms with Crippen molar-refractivity contribution in [2.24, 2.45) is 5.10 Å². The van der Waals surface area contributed by atoms with Crippen molar-refractivity contribution >= 4 is 11.9 Å². The average molecular weight is 348 g/mol. The highest BCUT2D eigenvalue weighted by Gasteiger charge is 2.10. The van der Waals surface area contributed by atoms with Crippen molar-refractivity contribution in [1.82, 2.24) is 24.7 Å². The Morgan fingerprint density at radius 2 is 2.04 bits per heavy atom. The molecule has 2 heterocycles. The third kappa shape index (κ3) is 3.78. The van der Waals surface area contributed by atoms with Gasteiger partial charge < -0.3 is 4.90 Å². The fraction of sp³-hybridized carbons (Fsp3) is 0.278. The van der Waals surface area contributed by atoms with Crippen LogP contribution in [0.1, 0.15) is 23.4 Å². The predicted octanol–water partition coefficient (Wildman–Crippen LogP) is 2.31. The summed E-state index contributed by atoms with van der Waals surface area (Å²) in [5.41, 5.74) is 3.90. The lowest BCUT2D eigenvalue weighted by Gasteiger charge is -2.17. The zero-order valence-electron chi connectivity index (χ0n) is 15.0. The molecule has 8 heteroatoms. The van der Waals surface area contributed by atoms with E-state index in [9.17, 15) is 0 Å². The Labute approximate surface area is 152 Å². The van der Waals surface area contributed by atoms with Gasteiger partial charge in [-0.15, -0.1) is 10.2 Å². The second-order valence-corrected chi connectivity index (χ2v) is 5.98. The topological polar surface area (TPSA) is 87.9 Å². The number of anilines is 1. The number of rotatable bonds is 6. The summed E-state index contributed by atoms with van der Waals surface area (Å²) >= 11 is 0. The van der Waals surface area contributed by atoms with E-state index < -0.39 is 0 Å². The molecule has 0 spiro atoms. The zero-order valence-corrected chi connectivity index (χ0v) is 15.0. The lowest BCUT2D eigenvalue weighted by atomic mass is 10.2. The van der Waals surface area contributed by atoms with E-state index in [-0.39, 0.29) is 0 Å². The van der Waals surface area contributed by atoms with Gasteiger partial charge in [-0.25, -0.2) is 4.68 Å². The summed E-state index contributed by atoms with van der Waals surface area (Å²) in [5, 5.41) is 25.6. The molecular formula is C18H20N8. The molecule has 132 valence electrons. The summed E-state index contributed by atoms with van der Waals surface area (Å²) in [6.45, 7) is 4.60. The third-order valence-electron chi connectivity index (χ3n) is 3.94. The van der Waals surface area contributed by atoms with Gasteiger partial charge in [-0.2, -0.15) is 20.1 Å². The molecule has 3 aromatic rings. The summed E-state index contributed by atoms with van der Waals surface area (Å²) < 4.78 is 3.30. The van der Waals surface area contributed by atoms with E-state index in [1.54, 1.807) is 21.9 Å². The van der Waals surface area contributed by atoms with Crippen molar-refractivity contribution in [3.05, 3.63) is 53.6 Å². The van der Waals surface area contributed by atoms with Crippen LogP contribution >= 0.6 is 0 Å². The van der Waals surface area contributed by atoms with Gasteiger partial charge in [-0.05, 0) is 37.6 Å². The Morgan fingerprint density at radius 1 is 1.27 bits per heavy atom. The Morgan fingerprint density at radius 3 is 2.69 bits per heavy atom. The van der Waals surface area contributed by atoms with Crippen LogP contribution in [0.25, 0.3) is 5.95 Å². The minimum absolute atomic E-state index is 0.502. The molecule has 0 saturated carbocycles. The molecule has 8 nitrogen and oxygen atoms in total. The highest BCUT2D eigenvalue weighted by atomic mass is 15.5. The van der Waals surface area contributed by atoms with E-state index in [4.69, 9.17) is 5.26 Å². The Bertz CT molecular complexity index is 942. The van der Waals surface area contributed by atoms with Crippen LogP contribution in [0.5, 0.6) is 0 Å². The Hall–Kier alpha value is -3.47. The average Bonchev–Trinajstić information content (AvgIpc) is 3.23. The van der Waals surface area contributed by atoms with E-state index in [1.165, 1.54) is 0 Å². The van der Waals surface area contributed by atoms with Crippen LogP contribution in [-0.2, 0) is 0 Å². The maximum absolute atomic E-state index is 8.68. The lowest BCUT2D eigenvalue weighted by Crippen LogP contribution is -2.17. The number of hydrogen-bond donors (Lipinski definition) is 0. The molecule has 2 aromatic heterocycles. The molecular weight excluding hydrogens is 328 g/mol. The molecule has 0 aliphatic heterocycles. The van der Waals surface area contributed by atoms with Gasteiger partial charge in [0, 0.05) is 25.0 Å². The van der Waals surface area contributed by atoms with Crippen molar-refractivity contribution in [2.75, 3.05) is 18.5 Å². The largest absolute Gasteiger partial charge is 0.374 e. The van der Waals surface area contributed by atoms with Crippen LogP contribution in [0.3, 0.4) is 0 Å². The molecule has 0 fully saturated rings. The second kappa shape index (κ2) is 7.61. The molecule has 0 atom stereocenters. The number of aromatic nitrogens is 5. The Kier molecular flexibility index (Phi) is 5.08.